The fourth-order valence-corrected chi connectivity index (χ4v) is 7.61. The van der Waals surface area contributed by atoms with Gasteiger partial charge in [-0.05, 0) is 50.4 Å². The summed E-state index contributed by atoms with van der Waals surface area (Å²) in [5.74, 6) is -20.3. The van der Waals surface area contributed by atoms with E-state index in [2.05, 4.69) is 41.9 Å². The number of hydrogen-bond acceptors (Lipinski definition) is 21. The van der Waals surface area contributed by atoms with E-state index in [-0.39, 0.29) is 63.0 Å². The number of rotatable bonds is 44. The lowest BCUT2D eigenvalue weighted by Gasteiger charge is -2.28. The van der Waals surface area contributed by atoms with Crippen molar-refractivity contribution in [2.75, 3.05) is 32.9 Å². The zero-order valence-corrected chi connectivity index (χ0v) is 49.5. The number of hydrogen-bond donors (Lipinski definition) is 23. The summed E-state index contributed by atoms with van der Waals surface area (Å²) in [6, 6.07) is -19.5. The third-order valence-electron chi connectivity index (χ3n) is 12.3. The smallest absolute Gasteiger partial charge is 0.326 e. The molecule has 0 aliphatic heterocycles. The average Bonchev–Trinajstić information content (AvgIpc) is 1.84. The van der Waals surface area contributed by atoms with Gasteiger partial charge in [-0.3, -0.25) is 77.1 Å². The number of nitrogens with two attached hydrogens (primary N) is 8. The van der Waals surface area contributed by atoms with Crippen molar-refractivity contribution in [3.05, 3.63) is 0 Å². The molecule has 0 saturated carbocycles. The molecule has 502 valence electrons. The molecular weight excluding hydrogens is 1190 g/mol. The Kier molecular flexibility index (Phi) is 36.4. The Hall–Kier alpha value is -9.57. The predicted octanol–water partition coefficient (Wildman–Crippen LogP) is -12.5. The highest BCUT2D eigenvalue weighted by Crippen LogP contribution is 2.11. The van der Waals surface area contributed by atoms with Crippen molar-refractivity contribution in [1.29, 1.82) is 0 Å². The van der Waals surface area contributed by atoms with Crippen LogP contribution in [0.4, 0.5) is 0 Å². The number of amides is 13. The van der Waals surface area contributed by atoms with E-state index in [0.717, 1.165) is 0 Å². The maximum absolute atomic E-state index is 14.2. The highest BCUT2D eigenvalue weighted by molar-refractivity contribution is 6.01. The predicted molar refractivity (Wildman–Crippen MR) is 309 cm³/mol. The molecule has 0 fully saturated rings. The van der Waals surface area contributed by atoms with Crippen LogP contribution in [0.15, 0.2) is 9.98 Å². The Morgan fingerprint density at radius 3 is 0.921 bits per heavy atom. The summed E-state index contributed by atoms with van der Waals surface area (Å²) >= 11 is 0. The molecule has 40 heteroatoms. The van der Waals surface area contributed by atoms with Crippen molar-refractivity contribution in [1.82, 2.24) is 53.2 Å². The number of carboxylic acid groups (broad SMARTS) is 2. The highest BCUT2D eigenvalue weighted by Gasteiger charge is 2.37. The van der Waals surface area contributed by atoms with Gasteiger partial charge in [0.15, 0.2) is 11.9 Å². The minimum atomic E-state index is -2.12. The minimum absolute atomic E-state index is 0.0246. The van der Waals surface area contributed by atoms with Crippen LogP contribution in [0.1, 0.15) is 91.9 Å². The second-order valence-corrected chi connectivity index (χ2v) is 20.7. The fraction of sp³-hybridized carbons (Fsp3) is 0.653. The van der Waals surface area contributed by atoms with Crippen molar-refractivity contribution in [3.63, 3.8) is 0 Å². The first-order chi connectivity index (χ1) is 41.5. The van der Waals surface area contributed by atoms with E-state index in [4.69, 9.17) is 51.0 Å². The molecule has 0 saturated heterocycles. The minimum Gasteiger partial charge on any atom is -0.481 e. The van der Waals surface area contributed by atoms with Crippen LogP contribution >= 0.6 is 0 Å². The molecule has 0 unspecified atom stereocenters. The van der Waals surface area contributed by atoms with Crippen LogP contribution in [-0.4, -0.2) is 226 Å². The van der Waals surface area contributed by atoms with Gasteiger partial charge in [0.25, 0.3) is 0 Å². The lowest BCUT2D eigenvalue weighted by Crippen LogP contribution is -2.62. The van der Waals surface area contributed by atoms with Crippen LogP contribution in [0.3, 0.4) is 0 Å². The number of carbonyl (C=O) groups is 15. The topological polar surface area (TPSA) is 710 Å². The lowest BCUT2D eigenvalue weighted by molar-refractivity contribution is -0.143. The molecule has 31 N–H and O–H groups in total. The maximum Gasteiger partial charge on any atom is 0.326 e. The van der Waals surface area contributed by atoms with Crippen LogP contribution in [0.2, 0.25) is 0 Å². The van der Waals surface area contributed by atoms with Gasteiger partial charge in [-0.15, -0.1) is 0 Å². The van der Waals surface area contributed by atoms with E-state index >= 15 is 0 Å². The molecule has 0 aromatic heterocycles. The Labute approximate surface area is 509 Å². The van der Waals surface area contributed by atoms with Gasteiger partial charge < -0.3 is 125 Å². The van der Waals surface area contributed by atoms with Gasteiger partial charge in [0.05, 0.1) is 45.1 Å². The molecule has 89 heavy (non-hydrogen) atoms. The van der Waals surface area contributed by atoms with Crippen LogP contribution in [0.25, 0.3) is 0 Å². The Balaban J connectivity index is 6.78. The molecular formula is C49H86N20O20. The molecule has 0 bridgehead atoms. The number of aliphatic carboxylic acids is 2. The molecule has 0 aliphatic rings. The second-order valence-electron chi connectivity index (χ2n) is 20.7. The lowest BCUT2D eigenvalue weighted by atomic mass is 10.0. The summed E-state index contributed by atoms with van der Waals surface area (Å²) in [4.78, 5) is 202. The Morgan fingerprint density at radius 1 is 0.371 bits per heavy atom. The third kappa shape index (κ3) is 32.1. The highest BCUT2D eigenvalue weighted by atomic mass is 16.4. The number of carbonyl (C=O) groups excluding carboxylic acids is 13. The molecule has 0 heterocycles. The molecule has 0 aliphatic carbocycles. The van der Waals surface area contributed by atoms with Gasteiger partial charge in [-0.1, -0.05) is 27.7 Å². The number of guanidine groups is 2. The number of primary amides is 3. The summed E-state index contributed by atoms with van der Waals surface area (Å²) in [5, 5.41) is 70.8. The molecule has 40 nitrogen and oxygen atoms in total. The molecule has 0 aromatic rings. The van der Waals surface area contributed by atoms with E-state index < -0.39 is 213 Å². The Bertz CT molecular complexity index is 2560. The SMILES string of the molecule is CC(C)C[C@H](NC(=O)[C@H](CCCN=C(N)N)NC(=O)[C@H](CC(N)=O)NC(=O)[C@H](CO)NC(=O)[C@H](CC(N)=O)NC(=O)[C@H](CO)NC(=O)[C@H](CO)NC(=O)[C@H](CC(N)=O)NC(=O)[C@@H](N)C(C)C)C(=O)N[C@@H](CCCN=C(N)N)C(=O)N[C@@H](CCC(=O)O)C(=O)O. The molecule has 0 rings (SSSR count). The third-order valence-corrected chi connectivity index (χ3v) is 12.3. The summed E-state index contributed by atoms with van der Waals surface area (Å²) in [6.45, 7) is 2.49. The number of aliphatic hydroxyl groups is 3. The van der Waals surface area contributed by atoms with Crippen LogP contribution in [-0.2, 0) is 71.9 Å². The van der Waals surface area contributed by atoms with Crippen LogP contribution < -0.4 is 99.0 Å². The van der Waals surface area contributed by atoms with E-state index in [1.165, 1.54) is 0 Å². The standard InChI is InChI=1S/C49H86N20O20/c1-20(2)13-25(39(80)60-22(7-5-11-58-48(54)55)37(78)62-24(47(88)89)9-10-35(76)77)63-38(79)23(8-6-12-59-49(56)57)61-40(81)26(14-32(50)73)64-43(84)29(17-70)67-41(82)27(15-33(51)74)65-44(85)30(18-71)69-45(86)31(19-72)68-42(83)28(16-34(52)75)66-46(87)36(53)21(3)4/h20-31,36,70-72H,5-19,53H2,1-4H3,(H2,50,73)(H2,51,74)(H2,52,75)(H,60,80)(H,61,81)(H,62,78)(H,63,79)(H,64,84)(H,65,85)(H,66,87)(H,67,82)(H,68,83)(H,69,86)(H,76,77)(H,88,89)(H4,54,55,58)(H4,56,57,59)/t22-,23-,24-,25-,26-,27-,28-,29-,30-,31-,36-/m0/s1. The van der Waals surface area contributed by atoms with Gasteiger partial charge in [0.2, 0.25) is 76.8 Å². The molecule has 13 amide bonds. The molecule has 11 atom stereocenters. The number of nitrogens with zero attached hydrogens (tertiary/aromatic N) is 2. The largest absolute Gasteiger partial charge is 0.481 e. The van der Waals surface area contributed by atoms with Crippen molar-refractivity contribution >= 4 is 101 Å². The van der Waals surface area contributed by atoms with Crippen LogP contribution in [0.5, 0.6) is 0 Å². The monoisotopic (exact) mass is 1270 g/mol. The summed E-state index contributed by atoms with van der Waals surface area (Å²) in [7, 11) is 0. The quantitative estimate of drug-likeness (QED) is 0.0153. The van der Waals surface area contributed by atoms with Crippen molar-refractivity contribution in [2.24, 2.45) is 67.7 Å². The average molecular weight is 1280 g/mol. The first-order valence-electron chi connectivity index (χ1n) is 27.5. The van der Waals surface area contributed by atoms with E-state index in [9.17, 15) is 92.3 Å². The van der Waals surface area contributed by atoms with Gasteiger partial charge in [-0.25, -0.2) is 4.79 Å². The van der Waals surface area contributed by atoms with Gasteiger partial charge in [-0.2, -0.15) is 0 Å². The maximum atomic E-state index is 14.2. The summed E-state index contributed by atoms with van der Waals surface area (Å²) < 4.78 is 0. The van der Waals surface area contributed by atoms with Gasteiger partial charge in [0, 0.05) is 19.5 Å². The normalized spacial score (nSPS) is 14.6. The Morgan fingerprint density at radius 2 is 0.640 bits per heavy atom. The number of aliphatic imine (C=N–C) groups is 2. The van der Waals surface area contributed by atoms with Crippen molar-refractivity contribution in [3.8, 4) is 0 Å². The molecule has 0 radical (unpaired) electrons. The van der Waals surface area contributed by atoms with Crippen LogP contribution in [0, 0.1) is 11.8 Å². The van der Waals surface area contributed by atoms with E-state index in [1.54, 1.807) is 27.7 Å². The number of nitrogens with one attached hydrogen (secondary N) is 10. The van der Waals surface area contributed by atoms with Crippen molar-refractivity contribution < 1.29 is 97.5 Å². The zero-order chi connectivity index (χ0) is 68.4. The van der Waals surface area contributed by atoms with E-state index in [1.807, 2.05) is 21.3 Å². The first-order valence-corrected chi connectivity index (χ1v) is 27.5. The van der Waals surface area contributed by atoms with E-state index in [0.29, 0.717) is 0 Å². The molecule has 0 aromatic carbocycles. The van der Waals surface area contributed by atoms with Gasteiger partial charge >= 0.3 is 11.9 Å². The molecule has 0 spiro atoms. The zero-order valence-electron chi connectivity index (χ0n) is 49.5. The second kappa shape index (κ2) is 40.7. The number of carboxylic acids is 2. The van der Waals surface area contributed by atoms with Crippen molar-refractivity contribution in [2.45, 2.75) is 158 Å². The summed E-state index contributed by atoms with van der Waals surface area (Å²) in [6.07, 6.45) is -4.82. The van der Waals surface area contributed by atoms with Gasteiger partial charge in [0.1, 0.15) is 60.4 Å². The fourth-order valence-electron chi connectivity index (χ4n) is 7.61. The first kappa shape index (κ1) is 79.4. The summed E-state index contributed by atoms with van der Waals surface area (Å²) in [5.41, 5.74) is 43.4. The number of aliphatic hydroxyl groups excluding tert-OH is 3.